The molecule has 0 atom stereocenters. The largest absolute Gasteiger partial charge is 0.236 e. The van der Waals surface area contributed by atoms with Gasteiger partial charge in [-0.3, -0.25) is 0 Å². The Labute approximate surface area is 61.1 Å². The molecule has 0 saturated carbocycles. The number of hydrogen-bond donors (Lipinski definition) is 0. The lowest BCUT2D eigenvalue weighted by Crippen LogP contribution is -1.82. The highest BCUT2D eigenvalue weighted by Crippen LogP contribution is 2.08. The standard InChI is InChI=1S/C5H4N4S/c1-3-2-6-4-5(7-3)10-9-8-4/h2H,1H3. The molecule has 5 heteroatoms. The van der Waals surface area contributed by atoms with Gasteiger partial charge < -0.3 is 0 Å². The van der Waals surface area contributed by atoms with Gasteiger partial charge in [-0.2, -0.15) is 0 Å². The number of aromatic nitrogens is 4. The van der Waals surface area contributed by atoms with E-state index in [0.29, 0.717) is 5.65 Å². The molecule has 2 aromatic heterocycles. The first-order chi connectivity index (χ1) is 4.86. The van der Waals surface area contributed by atoms with Crippen LogP contribution in [0.1, 0.15) is 5.69 Å². The highest BCUT2D eigenvalue weighted by atomic mass is 32.1. The van der Waals surface area contributed by atoms with Crippen molar-refractivity contribution >= 4 is 22.0 Å². The van der Waals surface area contributed by atoms with E-state index in [-0.39, 0.29) is 0 Å². The van der Waals surface area contributed by atoms with Crippen molar-refractivity contribution in [1.29, 1.82) is 0 Å². The van der Waals surface area contributed by atoms with Gasteiger partial charge in [0.05, 0.1) is 11.9 Å². The van der Waals surface area contributed by atoms with Crippen LogP contribution >= 0.6 is 11.5 Å². The first-order valence-corrected chi connectivity index (χ1v) is 3.55. The number of hydrogen-bond acceptors (Lipinski definition) is 5. The highest BCUT2D eigenvalue weighted by molar-refractivity contribution is 7.12. The van der Waals surface area contributed by atoms with Gasteiger partial charge in [-0.1, -0.05) is 4.49 Å². The minimum absolute atomic E-state index is 0.635. The molecule has 0 saturated heterocycles. The van der Waals surface area contributed by atoms with Crippen LogP contribution in [0.4, 0.5) is 0 Å². The Hall–Kier alpha value is -1.10. The molecule has 10 heavy (non-hydrogen) atoms. The summed E-state index contributed by atoms with van der Waals surface area (Å²) in [5.74, 6) is 0. The fraction of sp³-hybridized carbons (Fsp3) is 0.200. The van der Waals surface area contributed by atoms with Crippen LogP contribution < -0.4 is 0 Å². The predicted octanol–water partition coefficient (Wildman–Crippen LogP) is 0.790. The minimum Gasteiger partial charge on any atom is -0.236 e. The fourth-order valence-corrected chi connectivity index (χ4v) is 1.23. The van der Waals surface area contributed by atoms with E-state index in [1.54, 1.807) is 6.20 Å². The summed E-state index contributed by atoms with van der Waals surface area (Å²) < 4.78 is 3.71. The summed E-state index contributed by atoms with van der Waals surface area (Å²) in [6, 6.07) is 0. The summed E-state index contributed by atoms with van der Waals surface area (Å²) >= 11 is 1.27. The van der Waals surface area contributed by atoms with Crippen LogP contribution in [-0.2, 0) is 0 Å². The van der Waals surface area contributed by atoms with Crippen LogP contribution in [0.5, 0.6) is 0 Å². The number of aryl methyl sites for hydroxylation is 1. The van der Waals surface area contributed by atoms with Gasteiger partial charge in [0.25, 0.3) is 0 Å². The number of nitrogens with zero attached hydrogens (tertiary/aromatic N) is 4. The van der Waals surface area contributed by atoms with Crippen molar-refractivity contribution in [1.82, 2.24) is 19.6 Å². The number of rotatable bonds is 0. The molecular weight excluding hydrogens is 148 g/mol. The molecule has 2 heterocycles. The van der Waals surface area contributed by atoms with Gasteiger partial charge in [0, 0.05) is 11.5 Å². The predicted molar refractivity (Wildman–Crippen MR) is 37.7 cm³/mol. The van der Waals surface area contributed by atoms with Crippen LogP contribution in [-0.4, -0.2) is 19.6 Å². The second-order valence-corrected chi connectivity index (χ2v) is 2.65. The zero-order chi connectivity index (χ0) is 6.97. The summed E-state index contributed by atoms with van der Waals surface area (Å²) in [7, 11) is 0. The van der Waals surface area contributed by atoms with Gasteiger partial charge in [-0.05, 0) is 6.92 Å². The second kappa shape index (κ2) is 1.95. The maximum Gasteiger partial charge on any atom is 0.213 e. The second-order valence-electron chi connectivity index (χ2n) is 1.91. The van der Waals surface area contributed by atoms with E-state index in [0.717, 1.165) is 10.5 Å². The summed E-state index contributed by atoms with van der Waals surface area (Å²) in [6.07, 6.45) is 1.68. The third kappa shape index (κ3) is 0.750. The van der Waals surface area contributed by atoms with Crippen molar-refractivity contribution in [2.45, 2.75) is 6.92 Å². The van der Waals surface area contributed by atoms with Gasteiger partial charge in [0.15, 0.2) is 4.83 Å². The molecule has 0 fully saturated rings. The summed E-state index contributed by atoms with van der Waals surface area (Å²) in [5, 5.41) is 3.75. The first-order valence-electron chi connectivity index (χ1n) is 2.78. The van der Waals surface area contributed by atoms with Gasteiger partial charge in [-0.25, -0.2) is 9.97 Å². The van der Waals surface area contributed by atoms with E-state index in [9.17, 15) is 0 Å². The molecule has 0 N–H and O–H groups in total. The van der Waals surface area contributed by atoms with Gasteiger partial charge in [0.1, 0.15) is 0 Å². The first kappa shape index (κ1) is 5.67. The lowest BCUT2D eigenvalue weighted by Gasteiger charge is -1.85. The lowest BCUT2D eigenvalue weighted by atomic mass is 10.5. The van der Waals surface area contributed by atoms with E-state index in [1.165, 1.54) is 11.5 Å². The Kier molecular flexibility index (Phi) is 1.10. The zero-order valence-electron chi connectivity index (χ0n) is 5.27. The molecule has 0 aromatic carbocycles. The Bertz CT molecular complexity index is 355. The SMILES string of the molecule is Cc1cnc2nnsc2n1. The Morgan fingerprint density at radius 3 is 3.30 bits per heavy atom. The van der Waals surface area contributed by atoms with Crippen LogP contribution in [0.3, 0.4) is 0 Å². The average molecular weight is 152 g/mol. The van der Waals surface area contributed by atoms with Crippen LogP contribution in [0.15, 0.2) is 6.20 Å². The molecule has 0 aliphatic heterocycles. The smallest absolute Gasteiger partial charge is 0.213 e. The monoisotopic (exact) mass is 152 g/mol. The van der Waals surface area contributed by atoms with E-state index in [2.05, 4.69) is 19.6 Å². The quantitative estimate of drug-likeness (QED) is 0.560. The summed E-state index contributed by atoms with van der Waals surface area (Å²) in [6.45, 7) is 1.90. The van der Waals surface area contributed by atoms with Gasteiger partial charge in [-0.15, -0.1) is 5.10 Å². The van der Waals surface area contributed by atoms with Crippen LogP contribution in [0, 0.1) is 6.92 Å². The minimum atomic E-state index is 0.635. The molecule has 2 aromatic rings. The Morgan fingerprint density at radius 1 is 1.50 bits per heavy atom. The van der Waals surface area contributed by atoms with E-state index >= 15 is 0 Å². The van der Waals surface area contributed by atoms with E-state index < -0.39 is 0 Å². The van der Waals surface area contributed by atoms with Crippen molar-refractivity contribution in [2.24, 2.45) is 0 Å². The van der Waals surface area contributed by atoms with E-state index in [4.69, 9.17) is 0 Å². The molecule has 0 aliphatic carbocycles. The molecule has 2 rings (SSSR count). The normalized spacial score (nSPS) is 10.5. The molecule has 0 spiro atoms. The van der Waals surface area contributed by atoms with E-state index in [1.807, 2.05) is 6.92 Å². The molecule has 4 nitrogen and oxygen atoms in total. The Morgan fingerprint density at radius 2 is 2.40 bits per heavy atom. The van der Waals surface area contributed by atoms with Crippen molar-refractivity contribution in [3.05, 3.63) is 11.9 Å². The zero-order valence-corrected chi connectivity index (χ0v) is 6.09. The third-order valence-corrected chi connectivity index (χ3v) is 1.72. The average Bonchev–Trinajstić information content (AvgIpc) is 2.33. The maximum absolute atomic E-state index is 4.17. The highest BCUT2D eigenvalue weighted by Gasteiger charge is 1.98. The fourth-order valence-electron chi connectivity index (χ4n) is 0.676. The van der Waals surface area contributed by atoms with Crippen molar-refractivity contribution in [2.75, 3.05) is 0 Å². The third-order valence-electron chi connectivity index (χ3n) is 1.11. The molecule has 0 unspecified atom stereocenters. The van der Waals surface area contributed by atoms with Gasteiger partial charge >= 0.3 is 0 Å². The summed E-state index contributed by atoms with van der Waals surface area (Å²) in [4.78, 5) is 8.99. The van der Waals surface area contributed by atoms with Crippen molar-refractivity contribution in [3.8, 4) is 0 Å². The van der Waals surface area contributed by atoms with Crippen LogP contribution in [0.2, 0.25) is 0 Å². The molecule has 0 radical (unpaired) electrons. The molecule has 0 aliphatic rings. The molecule has 0 amide bonds. The van der Waals surface area contributed by atoms with Crippen LogP contribution in [0.25, 0.3) is 10.5 Å². The summed E-state index contributed by atoms with van der Waals surface area (Å²) in [5.41, 5.74) is 1.54. The molecular formula is C5H4N4S. The molecule has 50 valence electrons. The van der Waals surface area contributed by atoms with Gasteiger partial charge in [0.2, 0.25) is 5.65 Å². The Balaban J connectivity index is 2.86. The van der Waals surface area contributed by atoms with Crippen molar-refractivity contribution < 1.29 is 0 Å². The topological polar surface area (TPSA) is 51.6 Å². The van der Waals surface area contributed by atoms with Crippen molar-refractivity contribution in [3.63, 3.8) is 0 Å². The lowest BCUT2D eigenvalue weighted by molar-refractivity contribution is 1.12. The maximum atomic E-state index is 4.17. The molecule has 0 bridgehead atoms. The number of fused-ring (bicyclic) bond motifs is 1.